The zero-order valence-electron chi connectivity index (χ0n) is 10.7. The molecular weight excluding hydrogens is 290 g/mol. The smallest absolute Gasteiger partial charge is 0.0974 e. The number of para-hydroxylation sites is 1. The molecule has 0 fully saturated rings. The molecule has 0 saturated carbocycles. The fourth-order valence-corrected chi connectivity index (χ4v) is 2.60. The third-order valence-electron chi connectivity index (χ3n) is 3.34. The van der Waals surface area contributed by atoms with Crippen molar-refractivity contribution >= 4 is 26.8 Å². The van der Waals surface area contributed by atoms with Crippen LogP contribution in [0.4, 0.5) is 0 Å². The number of aliphatic hydroxyl groups excluding tert-OH is 1. The van der Waals surface area contributed by atoms with Crippen LogP contribution in [-0.2, 0) is 0 Å². The molecule has 2 rings (SSSR count). The molecule has 3 heteroatoms. The van der Waals surface area contributed by atoms with E-state index in [2.05, 4.69) is 34.8 Å². The quantitative estimate of drug-likeness (QED) is 0.904. The van der Waals surface area contributed by atoms with Crippen LogP contribution < -0.4 is 0 Å². The number of pyridine rings is 1. The van der Waals surface area contributed by atoms with Gasteiger partial charge in [0.25, 0.3) is 0 Å². The Balaban J connectivity index is 2.35. The zero-order chi connectivity index (χ0) is 13.1. The molecule has 0 saturated heterocycles. The highest BCUT2D eigenvalue weighted by Crippen LogP contribution is 2.29. The van der Waals surface area contributed by atoms with E-state index in [1.165, 1.54) is 0 Å². The number of aromatic nitrogens is 1. The average Bonchev–Trinajstić information content (AvgIpc) is 2.37. The molecule has 0 spiro atoms. The molecule has 2 unspecified atom stereocenters. The van der Waals surface area contributed by atoms with E-state index >= 15 is 0 Å². The largest absolute Gasteiger partial charge is 0.387 e. The molecule has 0 aliphatic carbocycles. The number of hydrogen-bond acceptors (Lipinski definition) is 2. The van der Waals surface area contributed by atoms with E-state index in [1.807, 2.05) is 30.3 Å². The first kappa shape index (κ1) is 13.5. The van der Waals surface area contributed by atoms with E-state index < -0.39 is 6.10 Å². The molecule has 18 heavy (non-hydrogen) atoms. The van der Waals surface area contributed by atoms with Gasteiger partial charge >= 0.3 is 0 Å². The summed E-state index contributed by atoms with van der Waals surface area (Å²) in [5.74, 6) is 0.500. The van der Waals surface area contributed by atoms with Crippen LogP contribution >= 0.6 is 15.9 Å². The van der Waals surface area contributed by atoms with Crippen molar-refractivity contribution in [2.75, 3.05) is 0 Å². The summed E-state index contributed by atoms with van der Waals surface area (Å²) in [7, 11) is 0. The molecule has 1 N–H and O–H groups in total. The molecule has 0 aliphatic heterocycles. The second-order valence-corrected chi connectivity index (χ2v) is 5.67. The lowest BCUT2D eigenvalue weighted by Crippen LogP contribution is -2.06. The molecule has 2 nitrogen and oxygen atoms in total. The summed E-state index contributed by atoms with van der Waals surface area (Å²) in [4.78, 5) is 4.57. The van der Waals surface area contributed by atoms with E-state index in [1.54, 1.807) is 0 Å². The fraction of sp³-hybridized carbons (Fsp3) is 0.400. The van der Waals surface area contributed by atoms with Gasteiger partial charge in [0, 0.05) is 9.86 Å². The van der Waals surface area contributed by atoms with Crippen molar-refractivity contribution in [1.82, 2.24) is 4.98 Å². The monoisotopic (exact) mass is 307 g/mol. The highest BCUT2D eigenvalue weighted by molar-refractivity contribution is 9.10. The lowest BCUT2D eigenvalue weighted by atomic mass is 9.99. The summed E-state index contributed by atoms with van der Waals surface area (Å²) in [6.07, 6.45) is 1.32. The molecule has 0 aliphatic rings. The Morgan fingerprint density at radius 3 is 2.78 bits per heavy atom. The first-order valence-corrected chi connectivity index (χ1v) is 7.14. The molecule has 0 bridgehead atoms. The van der Waals surface area contributed by atoms with Gasteiger partial charge in [0.15, 0.2) is 0 Å². The minimum Gasteiger partial charge on any atom is -0.387 e. The van der Waals surface area contributed by atoms with Gasteiger partial charge in [-0.1, -0.05) is 38.5 Å². The number of rotatable bonds is 4. The van der Waals surface area contributed by atoms with Crippen molar-refractivity contribution in [2.45, 2.75) is 32.8 Å². The van der Waals surface area contributed by atoms with Crippen molar-refractivity contribution in [3.8, 4) is 0 Å². The van der Waals surface area contributed by atoms with Gasteiger partial charge in [0.05, 0.1) is 17.3 Å². The van der Waals surface area contributed by atoms with Gasteiger partial charge in [0.2, 0.25) is 0 Å². The summed E-state index contributed by atoms with van der Waals surface area (Å²) in [5, 5.41) is 11.4. The number of hydrogen-bond donors (Lipinski definition) is 1. The third kappa shape index (κ3) is 2.90. The third-order valence-corrected chi connectivity index (χ3v) is 3.98. The second-order valence-electron chi connectivity index (χ2n) is 4.81. The lowest BCUT2D eigenvalue weighted by Gasteiger charge is -2.16. The maximum atomic E-state index is 10.3. The molecule has 2 atom stereocenters. The van der Waals surface area contributed by atoms with Crippen LogP contribution in [0.3, 0.4) is 0 Å². The highest BCUT2D eigenvalue weighted by atomic mass is 79.9. The topological polar surface area (TPSA) is 33.1 Å². The van der Waals surface area contributed by atoms with Crippen LogP contribution in [0.25, 0.3) is 10.9 Å². The Hall–Kier alpha value is -0.930. The van der Waals surface area contributed by atoms with E-state index in [4.69, 9.17) is 0 Å². The van der Waals surface area contributed by atoms with Gasteiger partial charge in [-0.15, -0.1) is 0 Å². The van der Waals surface area contributed by atoms with Gasteiger partial charge in [0.1, 0.15) is 0 Å². The molecule has 1 aromatic carbocycles. The standard InChI is InChI=1S/C15H18BrNO/c1-3-10(2)8-14(18)15-12(16)9-11-6-4-5-7-13(11)17-15/h4-7,9-10,14,18H,3,8H2,1-2H3. The van der Waals surface area contributed by atoms with Crippen molar-refractivity contribution in [3.63, 3.8) is 0 Å². The Kier molecular flexibility index (Phi) is 4.36. The van der Waals surface area contributed by atoms with Crippen LogP contribution in [-0.4, -0.2) is 10.1 Å². The SMILES string of the molecule is CCC(C)CC(O)c1nc2ccccc2cc1Br. The number of nitrogens with zero attached hydrogens (tertiary/aromatic N) is 1. The minimum atomic E-state index is -0.501. The normalized spacial score (nSPS) is 14.7. The number of aliphatic hydroxyl groups is 1. The van der Waals surface area contributed by atoms with Crippen LogP contribution in [0.2, 0.25) is 0 Å². The predicted octanol–water partition coefficient (Wildman–Crippen LogP) is 4.47. The van der Waals surface area contributed by atoms with Gasteiger partial charge in [-0.25, -0.2) is 4.98 Å². The summed E-state index contributed by atoms with van der Waals surface area (Å²) in [6.45, 7) is 4.29. The molecule has 96 valence electrons. The summed E-state index contributed by atoms with van der Waals surface area (Å²) in [6, 6.07) is 9.98. The Morgan fingerprint density at radius 1 is 1.33 bits per heavy atom. The van der Waals surface area contributed by atoms with E-state index in [9.17, 15) is 5.11 Å². The van der Waals surface area contributed by atoms with Crippen LogP contribution in [0, 0.1) is 5.92 Å². The molecule has 0 radical (unpaired) electrons. The summed E-state index contributed by atoms with van der Waals surface area (Å²) in [5.41, 5.74) is 1.67. The predicted molar refractivity (Wildman–Crippen MR) is 78.5 cm³/mol. The first-order valence-electron chi connectivity index (χ1n) is 6.35. The summed E-state index contributed by atoms with van der Waals surface area (Å²) < 4.78 is 0.886. The fourth-order valence-electron chi connectivity index (χ4n) is 2.00. The molecule has 1 heterocycles. The van der Waals surface area contributed by atoms with E-state index in [0.29, 0.717) is 5.92 Å². The maximum Gasteiger partial charge on any atom is 0.0974 e. The molecular formula is C15H18BrNO. The highest BCUT2D eigenvalue weighted by Gasteiger charge is 2.16. The Morgan fingerprint density at radius 2 is 2.06 bits per heavy atom. The number of benzene rings is 1. The van der Waals surface area contributed by atoms with Crippen molar-refractivity contribution in [3.05, 3.63) is 40.5 Å². The lowest BCUT2D eigenvalue weighted by molar-refractivity contribution is 0.141. The van der Waals surface area contributed by atoms with Crippen molar-refractivity contribution in [1.29, 1.82) is 0 Å². The van der Waals surface area contributed by atoms with Gasteiger partial charge in [-0.05, 0) is 40.4 Å². The average molecular weight is 308 g/mol. The van der Waals surface area contributed by atoms with Gasteiger partial charge in [-0.2, -0.15) is 0 Å². The molecule has 1 aromatic heterocycles. The molecule has 0 amide bonds. The second kappa shape index (κ2) is 5.81. The number of halogens is 1. The van der Waals surface area contributed by atoms with Crippen LogP contribution in [0.15, 0.2) is 34.8 Å². The maximum absolute atomic E-state index is 10.3. The minimum absolute atomic E-state index is 0.500. The Bertz CT molecular complexity index is 541. The Labute approximate surface area is 116 Å². The number of fused-ring (bicyclic) bond motifs is 1. The van der Waals surface area contributed by atoms with Crippen molar-refractivity contribution in [2.24, 2.45) is 5.92 Å². The van der Waals surface area contributed by atoms with Crippen LogP contribution in [0.1, 0.15) is 38.5 Å². The summed E-state index contributed by atoms with van der Waals surface area (Å²) >= 11 is 3.51. The van der Waals surface area contributed by atoms with E-state index in [0.717, 1.165) is 33.9 Å². The van der Waals surface area contributed by atoms with E-state index in [-0.39, 0.29) is 0 Å². The van der Waals surface area contributed by atoms with Crippen molar-refractivity contribution < 1.29 is 5.11 Å². The van der Waals surface area contributed by atoms with Gasteiger partial charge in [-0.3, -0.25) is 0 Å². The zero-order valence-corrected chi connectivity index (χ0v) is 12.3. The molecule has 2 aromatic rings. The van der Waals surface area contributed by atoms with Gasteiger partial charge < -0.3 is 5.11 Å². The van der Waals surface area contributed by atoms with Crippen LogP contribution in [0.5, 0.6) is 0 Å². The first-order chi connectivity index (χ1) is 8.61.